The van der Waals surface area contributed by atoms with E-state index in [0.717, 1.165) is 12.2 Å². The van der Waals surface area contributed by atoms with E-state index >= 15 is 0 Å². The zero-order chi connectivity index (χ0) is 10.7. The van der Waals surface area contributed by atoms with Gasteiger partial charge in [0.25, 0.3) is 0 Å². The predicted molar refractivity (Wildman–Crippen MR) is 61.8 cm³/mol. The largest absolute Gasteiger partial charge is 0.378 e. The molecule has 15 heavy (non-hydrogen) atoms. The molecular formula is C12H15N3. The van der Waals surface area contributed by atoms with Gasteiger partial charge in [-0.05, 0) is 25.0 Å². The SMILES string of the molecule is Cc1ccc(CNc2cn[nH]c2)c(C)c1. The fourth-order valence-corrected chi connectivity index (χ4v) is 1.59. The van der Waals surface area contributed by atoms with E-state index in [-0.39, 0.29) is 0 Å². The molecule has 0 aliphatic heterocycles. The number of benzene rings is 1. The van der Waals surface area contributed by atoms with Gasteiger partial charge < -0.3 is 5.32 Å². The van der Waals surface area contributed by atoms with Gasteiger partial charge >= 0.3 is 0 Å². The van der Waals surface area contributed by atoms with E-state index in [1.165, 1.54) is 16.7 Å². The van der Waals surface area contributed by atoms with Crippen LogP contribution in [0.25, 0.3) is 0 Å². The summed E-state index contributed by atoms with van der Waals surface area (Å²) < 4.78 is 0. The Balaban J connectivity index is 2.05. The number of anilines is 1. The van der Waals surface area contributed by atoms with Crippen LogP contribution in [-0.4, -0.2) is 10.2 Å². The first-order valence-electron chi connectivity index (χ1n) is 5.04. The first-order valence-corrected chi connectivity index (χ1v) is 5.04. The van der Waals surface area contributed by atoms with Gasteiger partial charge in [0, 0.05) is 12.7 Å². The zero-order valence-electron chi connectivity index (χ0n) is 9.04. The van der Waals surface area contributed by atoms with Crippen LogP contribution in [-0.2, 0) is 6.54 Å². The summed E-state index contributed by atoms with van der Waals surface area (Å²) in [5.74, 6) is 0. The number of H-pyrrole nitrogens is 1. The summed E-state index contributed by atoms with van der Waals surface area (Å²) in [4.78, 5) is 0. The molecule has 78 valence electrons. The van der Waals surface area contributed by atoms with Gasteiger partial charge in [-0.25, -0.2) is 0 Å². The second kappa shape index (κ2) is 4.17. The van der Waals surface area contributed by atoms with Crippen molar-refractivity contribution < 1.29 is 0 Å². The molecule has 3 heteroatoms. The van der Waals surface area contributed by atoms with E-state index in [0.29, 0.717) is 0 Å². The predicted octanol–water partition coefficient (Wildman–Crippen LogP) is 2.64. The zero-order valence-corrected chi connectivity index (χ0v) is 9.04. The molecule has 0 radical (unpaired) electrons. The van der Waals surface area contributed by atoms with Crippen LogP contribution in [0, 0.1) is 13.8 Å². The molecule has 0 amide bonds. The summed E-state index contributed by atoms with van der Waals surface area (Å²) in [6, 6.07) is 6.50. The van der Waals surface area contributed by atoms with Crippen LogP contribution < -0.4 is 5.32 Å². The highest BCUT2D eigenvalue weighted by Gasteiger charge is 1.98. The van der Waals surface area contributed by atoms with E-state index < -0.39 is 0 Å². The van der Waals surface area contributed by atoms with Crippen LogP contribution >= 0.6 is 0 Å². The van der Waals surface area contributed by atoms with Gasteiger partial charge in [-0.15, -0.1) is 0 Å². The molecular weight excluding hydrogens is 186 g/mol. The third kappa shape index (κ3) is 2.37. The Morgan fingerprint density at radius 1 is 1.33 bits per heavy atom. The average Bonchev–Trinajstić information content (AvgIpc) is 2.69. The van der Waals surface area contributed by atoms with Crippen LogP contribution in [0.1, 0.15) is 16.7 Å². The Bertz CT molecular complexity index is 432. The summed E-state index contributed by atoms with van der Waals surface area (Å²) in [5.41, 5.74) is 4.97. The molecule has 1 aromatic carbocycles. The number of nitrogens with zero attached hydrogens (tertiary/aromatic N) is 1. The topological polar surface area (TPSA) is 40.7 Å². The number of nitrogens with one attached hydrogen (secondary N) is 2. The highest BCUT2D eigenvalue weighted by Crippen LogP contribution is 2.12. The van der Waals surface area contributed by atoms with Crippen molar-refractivity contribution in [1.82, 2.24) is 10.2 Å². The van der Waals surface area contributed by atoms with Gasteiger partial charge in [-0.3, -0.25) is 5.10 Å². The molecule has 3 nitrogen and oxygen atoms in total. The van der Waals surface area contributed by atoms with Crippen molar-refractivity contribution in [2.24, 2.45) is 0 Å². The summed E-state index contributed by atoms with van der Waals surface area (Å²) >= 11 is 0. The van der Waals surface area contributed by atoms with Gasteiger partial charge in [0.15, 0.2) is 0 Å². The smallest absolute Gasteiger partial charge is 0.0726 e. The van der Waals surface area contributed by atoms with E-state index in [1.54, 1.807) is 6.20 Å². The Hall–Kier alpha value is -1.77. The average molecular weight is 201 g/mol. The molecule has 0 saturated heterocycles. The molecule has 0 aliphatic carbocycles. The standard InChI is InChI=1S/C12H15N3/c1-9-3-4-11(10(2)5-9)6-13-12-7-14-15-8-12/h3-5,7-8,13H,6H2,1-2H3,(H,14,15). The van der Waals surface area contributed by atoms with Crippen molar-refractivity contribution in [3.8, 4) is 0 Å². The van der Waals surface area contributed by atoms with Gasteiger partial charge in [-0.2, -0.15) is 5.10 Å². The molecule has 1 heterocycles. The van der Waals surface area contributed by atoms with Crippen molar-refractivity contribution in [2.45, 2.75) is 20.4 Å². The van der Waals surface area contributed by atoms with E-state index in [4.69, 9.17) is 0 Å². The first-order chi connectivity index (χ1) is 7.25. The van der Waals surface area contributed by atoms with E-state index in [1.807, 2.05) is 6.20 Å². The molecule has 0 saturated carbocycles. The minimum absolute atomic E-state index is 0.839. The lowest BCUT2D eigenvalue weighted by Gasteiger charge is -2.07. The maximum Gasteiger partial charge on any atom is 0.0726 e. The molecule has 2 aromatic rings. The fraction of sp³-hybridized carbons (Fsp3) is 0.250. The number of hydrogen-bond donors (Lipinski definition) is 2. The van der Waals surface area contributed by atoms with Crippen LogP contribution in [0.5, 0.6) is 0 Å². The van der Waals surface area contributed by atoms with Crippen LogP contribution in [0.3, 0.4) is 0 Å². The van der Waals surface area contributed by atoms with Gasteiger partial charge in [0.05, 0.1) is 11.9 Å². The molecule has 2 N–H and O–H groups in total. The highest BCUT2D eigenvalue weighted by molar-refractivity contribution is 5.40. The number of hydrogen-bond acceptors (Lipinski definition) is 2. The monoisotopic (exact) mass is 201 g/mol. The third-order valence-electron chi connectivity index (χ3n) is 2.48. The Morgan fingerprint density at radius 2 is 2.20 bits per heavy atom. The maximum atomic E-state index is 3.88. The summed E-state index contributed by atoms with van der Waals surface area (Å²) in [5, 5.41) is 9.97. The normalized spacial score (nSPS) is 10.3. The molecule has 0 spiro atoms. The Labute approximate surface area is 89.5 Å². The number of rotatable bonds is 3. The fourth-order valence-electron chi connectivity index (χ4n) is 1.59. The molecule has 0 atom stereocenters. The lowest BCUT2D eigenvalue weighted by Crippen LogP contribution is -2.00. The molecule has 0 aliphatic rings. The van der Waals surface area contributed by atoms with Crippen LogP contribution in [0.4, 0.5) is 5.69 Å². The Kier molecular flexibility index (Phi) is 2.72. The molecule has 0 unspecified atom stereocenters. The van der Waals surface area contributed by atoms with Crippen molar-refractivity contribution in [3.63, 3.8) is 0 Å². The highest BCUT2D eigenvalue weighted by atomic mass is 15.1. The third-order valence-corrected chi connectivity index (χ3v) is 2.48. The lowest BCUT2D eigenvalue weighted by atomic mass is 10.1. The van der Waals surface area contributed by atoms with Gasteiger partial charge in [-0.1, -0.05) is 23.8 Å². The summed E-state index contributed by atoms with van der Waals surface area (Å²) in [6.07, 6.45) is 3.63. The second-order valence-electron chi connectivity index (χ2n) is 3.77. The van der Waals surface area contributed by atoms with Gasteiger partial charge in [0.1, 0.15) is 0 Å². The summed E-state index contributed by atoms with van der Waals surface area (Å²) in [7, 11) is 0. The van der Waals surface area contributed by atoms with E-state index in [9.17, 15) is 0 Å². The van der Waals surface area contributed by atoms with E-state index in [2.05, 4.69) is 47.6 Å². The van der Waals surface area contributed by atoms with Crippen molar-refractivity contribution in [1.29, 1.82) is 0 Å². The van der Waals surface area contributed by atoms with Gasteiger partial charge in [0.2, 0.25) is 0 Å². The number of aromatic nitrogens is 2. The quantitative estimate of drug-likeness (QED) is 0.801. The Morgan fingerprint density at radius 3 is 2.87 bits per heavy atom. The maximum absolute atomic E-state index is 3.88. The van der Waals surface area contributed by atoms with Crippen molar-refractivity contribution >= 4 is 5.69 Å². The van der Waals surface area contributed by atoms with Crippen LogP contribution in [0.15, 0.2) is 30.6 Å². The van der Waals surface area contributed by atoms with Crippen molar-refractivity contribution in [2.75, 3.05) is 5.32 Å². The van der Waals surface area contributed by atoms with Crippen molar-refractivity contribution in [3.05, 3.63) is 47.3 Å². The summed E-state index contributed by atoms with van der Waals surface area (Å²) in [6.45, 7) is 5.09. The minimum atomic E-state index is 0.839. The number of aromatic amines is 1. The molecule has 0 fully saturated rings. The second-order valence-corrected chi connectivity index (χ2v) is 3.77. The lowest BCUT2D eigenvalue weighted by molar-refractivity contribution is 1.09. The number of aryl methyl sites for hydroxylation is 2. The van der Waals surface area contributed by atoms with Crippen LogP contribution in [0.2, 0.25) is 0 Å². The molecule has 1 aromatic heterocycles. The molecule has 0 bridgehead atoms. The molecule has 2 rings (SSSR count). The first kappa shape index (κ1) is 9.77. The minimum Gasteiger partial charge on any atom is -0.378 e.